The van der Waals surface area contributed by atoms with E-state index >= 15 is 0 Å². The second-order valence-electron chi connectivity index (χ2n) is 8.39. The monoisotopic (exact) mass is 396 g/mol. The number of anilines is 2. The number of aromatic nitrogens is 4. The van der Waals surface area contributed by atoms with Crippen molar-refractivity contribution >= 4 is 22.8 Å². The first-order valence-corrected chi connectivity index (χ1v) is 10.4. The highest BCUT2D eigenvalue weighted by Gasteiger charge is 2.36. The van der Waals surface area contributed by atoms with Crippen molar-refractivity contribution in [3.05, 3.63) is 50.2 Å². The van der Waals surface area contributed by atoms with Crippen molar-refractivity contribution in [1.82, 2.24) is 14.1 Å². The van der Waals surface area contributed by atoms with E-state index in [0.717, 1.165) is 37.6 Å². The maximum absolute atomic E-state index is 13.3. The van der Waals surface area contributed by atoms with E-state index in [9.17, 15) is 9.59 Å². The van der Waals surface area contributed by atoms with Gasteiger partial charge in [-0.2, -0.15) is 0 Å². The summed E-state index contributed by atoms with van der Waals surface area (Å²) in [7, 11) is 1.73. The molecule has 1 N–H and O–H groups in total. The van der Waals surface area contributed by atoms with Crippen LogP contribution in [0.1, 0.15) is 37.8 Å². The molecule has 3 aromatic rings. The maximum atomic E-state index is 13.3. The molecule has 7 heteroatoms. The topological polar surface area (TPSA) is 66.9 Å². The van der Waals surface area contributed by atoms with Gasteiger partial charge < -0.3 is 0 Å². The highest BCUT2D eigenvalue weighted by atomic mass is 16.2. The van der Waals surface area contributed by atoms with Crippen LogP contribution in [0.5, 0.6) is 0 Å². The number of nitrogens with one attached hydrogen (secondary N) is 1. The van der Waals surface area contributed by atoms with Gasteiger partial charge in [0.25, 0.3) is 5.56 Å². The number of aryl methyl sites for hydroxylation is 3. The third kappa shape index (κ3) is 3.09. The van der Waals surface area contributed by atoms with Crippen LogP contribution >= 0.6 is 0 Å². The number of benzene rings is 1. The molecule has 1 atom stereocenters. The molecule has 0 unspecified atom stereocenters. The summed E-state index contributed by atoms with van der Waals surface area (Å²) in [5.41, 5.74) is 4.29. The van der Waals surface area contributed by atoms with E-state index in [4.69, 9.17) is 0 Å². The van der Waals surface area contributed by atoms with Gasteiger partial charge in [-0.1, -0.05) is 26.3 Å². The van der Waals surface area contributed by atoms with Crippen molar-refractivity contribution in [1.29, 1.82) is 0 Å². The summed E-state index contributed by atoms with van der Waals surface area (Å²) in [6.07, 6.45) is 1.74. The molecule has 0 amide bonds. The third-order valence-electron chi connectivity index (χ3n) is 6.06. The molecule has 0 saturated heterocycles. The van der Waals surface area contributed by atoms with Crippen LogP contribution in [-0.4, -0.2) is 20.7 Å². The second-order valence-corrected chi connectivity index (χ2v) is 8.39. The van der Waals surface area contributed by atoms with Gasteiger partial charge in [-0.25, -0.2) is 19.2 Å². The Kier molecular flexibility index (Phi) is 4.84. The van der Waals surface area contributed by atoms with Crippen molar-refractivity contribution in [2.45, 2.75) is 53.6 Å². The molecule has 0 bridgehead atoms. The van der Waals surface area contributed by atoms with Crippen LogP contribution in [0.15, 0.2) is 27.8 Å². The predicted molar refractivity (Wildman–Crippen MR) is 115 cm³/mol. The molecule has 2 aromatic heterocycles. The Labute approximate surface area is 170 Å². The van der Waals surface area contributed by atoms with Crippen molar-refractivity contribution in [2.75, 3.05) is 11.4 Å². The molecule has 0 radical (unpaired) electrons. The zero-order chi connectivity index (χ0) is 20.9. The van der Waals surface area contributed by atoms with Gasteiger partial charge in [-0.15, -0.1) is 0 Å². The van der Waals surface area contributed by atoms with E-state index in [1.807, 2.05) is 0 Å². The lowest BCUT2D eigenvalue weighted by atomic mass is 10.1. The molecule has 1 aliphatic rings. The zero-order valence-corrected chi connectivity index (χ0v) is 18.0. The average Bonchev–Trinajstić information content (AvgIpc) is 3.07. The fourth-order valence-corrected chi connectivity index (χ4v) is 4.21. The number of imidazole rings is 1. The van der Waals surface area contributed by atoms with E-state index in [1.165, 1.54) is 15.7 Å². The number of fused-ring (bicyclic) bond motifs is 3. The largest absolute Gasteiger partial charge is 0.364 e. The van der Waals surface area contributed by atoms with Crippen molar-refractivity contribution in [3.63, 3.8) is 0 Å². The highest BCUT2D eigenvalue weighted by Crippen LogP contribution is 2.29. The summed E-state index contributed by atoms with van der Waals surface area (Å²) in [6.45, 7) is 10.5. The van der Waals surface area contributed by atoms with Crippen molar-refractivity contribution in [2.24, 2.45) is 13.0 Å². The number of hydrogen-bond acceptors (Lipinski definition) is 3. The Morgan fingerprint density at radius 1 is 1.21 bits per heavy atom. The van der Waals surface area contributed by atoms with E-state index in [2.05, 4.69) is 60.3 Å². The first-order valence-electron chi connectivity index (χ1n) is 10.4. The molecule has 29 heavy (non-hydrogen) atoms. The van der Waals surface area contributed by atoms with Crippen LogP contribution in [0.25, 0.3) is 11.2 Å². The Bertz CT molecular complexity index is 1200. The molecule has 154 valence electrons. The summed E-state index contributed by atoms with van der Waals surface area (Å²) in [5, 5.41) is 0. The average molecular weight is 397 g/mol. The lowest BCUT2D eigenvalue weighted by Crippen LogP contribution is -2.52. The zero-order valence-electron chi connectivity index (χ0n) is 18.0. The highest BCUT2D eigenvalue weighted by molar-refractivity contribution is 5.70. The van der Waals surface area contributed by atoms with Gasteiger partial charge in [-0.3, -0.25) is 13.9 Å². The lowest BCUT2D eigenvalue weighted by molar-refractivity contribution is -0.669. The Morgan fingerprint density at radius 3 is 2.66 bits per heavy atom. The van der Waals surface area contributed by atoms with E-state index < -0.39 is 0 Å². The third-order valence-corrected chi connectivity index (χ3v) is 6.06. The molecule has 0 saturated carbocycles. The number of rotatable bonds is 4. The number of hydrogen-bond donors (Lipinski definition) is 1. The van der Waals surface area contributed by atoms with Crippen LogP contribution in [0.4, 0.5) is 11.6 Å². The first-order chi connectivity index (χ1) is 13.8. The van der Waals surface area contributed by atoms with E-state index in [-0.39, 0.29) is 11.2 Å². The first kappa shape index (κ1) is 19.5. The van der Waals surface area contributed by atoms with E-state index in [1.54, 1.807) is 11.6 Å². The van der Waals surface area contributed by atoms with Gasteiger partial charge in [0.2, 0.25) is 11.2 Å². The quantitative estimate of drug-likeness (QED) is 0.689. The van der Waals surface area contributed by atoms with Gasteiger partial charge in [0.15, 0.2) is 0 Å². The fraction of sp³-hybridized carbons (Fsp3) is 0.500. The SMILES string of the molecule is CCCCn1c(=O)c2c([nH]c3[n+]2C[C@@H](C)CN3c2ccc(C)c(C)c2)n(C)c1=O. The van der Waals surface area contributed by atoms with Gasteiger partial charge in [0, 0.05) is 19.5 Å². The molecule has 0 aliphatic carbocycles. The molecule has 1 aliphatic heterocycles. The predicted octanol–water partition coefficient (Wildman–Crippen LogP) is 2.52. The summed E-state index contributed by atoms with van der Waals surface area (Å²) in [5.74, 6) is 1.23. The Balaban J connectivity index is 1.97. The van der Waals surface area contributed by atoms with Crippen LogP contribution in [0.3, 0.4) is 0 Å². The van der Waals surface area contributed by atoms with Crippen LogP contribution in [0.2, 0.25) is 0 Å². The normalized spacial score (nSPS) is 16.4. The fourth-order valence-electron chi connectivity index (χ4n) is 4.21. The minimum absolute atomic E-state index is 0.201. The van der Waals surface area contributed by atoms with Crippen LogP contribution < -0.4 is 20.7 Å². The molecule has 1 aromatic carbocycles. The summed E-state index contributed by atoms with van der Waals surface area (Å²) in [6, 6.07) is 6.43. The van der Waals surface area contributed by atoms with Crippen molar-refractivity contribution in [3.8, 4) is 0 Å². The number of aromatic amines is 1. The summed E-state index contributed by atoms with van der Waals surface area (Å²) in [4.78, 5) is 31.7. The maximum Gasteiger partial charge on any atom is 0.364 e. The summed E-state index contributed by atoms with van der Waals surface area (Å²) >= 11 is 0. The van der Waals surface area contributed by atoms with Gasteiger partial charge in [0.1, 0.15) is 5.69 Å². The molecule has 0 spiro atoms. The minimum atomic E-state index is -0.263. The molecular formula is C22H30N5O2+. The Morgan fingerprint density at radius 2 is 1.97 bits per heavy atom. The lowest BCUT2D eigenvalue weighted by Gasteiger charge is -2.26. The molecule has 3 heterocycles. The molecule has 7 nitrogen and oxygen atoms in total. The van der Waals surface area contributed by atoms with Crippen molar-refractivity contribution < 1.29 is 4.57 Å². The molecular weight excluding hydrogens is 366 g/mol. The standard InChI is InChI=1S/C22H29N5O2/c1-6-7-10-25-20(28)18-19(24(5)22(25)29)23-21-26(12-14(2)13-27(18)21)17-9-8-15(3)16(4)11-17/h8-9,11,14H,6-7,10,12-13H2,1-5H3/p+1/t14-/m0/s1. The minimum Gasteiger partial charge on any atom is -0.267 e. The van der Waals surface area contributed by atoms with Gasteiger partial charge >= 0.3 is 11.6 Å². The summed E-state index contributed by atoms with van der Waals surface area (Å²) < 4.78 is 5.01. The van der Waals surface area contributed by atoms with Gasteiger partial charge in [-0.05, 0) is 43.5 Å². The number of nitrogens with zero attached hydrogens (tertiary/aromatic N) is 4. The Hall–Kier alpha value is -2.83. The number of unbranched alkanes of at least 4 members (excludes halogenated alkanes) is 1. The molecule has 0 fully saturated rings. The second kappa shape index (κ2) is 7.21. The van der Waals surface area contributed by atoms with E-state index in [0.29, 0.717) is 23.6 Å². The van der Waals surface area contributed by atoms with Gasteiger partial charge in [0.05, 0.1) is 13.1 Å². The smallest absolute Gasteiger partial charge is 0.267 e. The van der Waals surface area contributed by atoms with Crippen LogP contribution in [0, 0.1) is 19.8 Å². The van der Waals surface area contributed by atoms with Crippen LogP contribution in [-0.2, 0) is 20.1 Å². The molecule has 4 rings (SSSR count). The number of H-pyrrole nitrogens is 1.